The molecule has 1 atom stereocenters. The number of nitrogens with zero attached hydrogens (tertiary/aromatic N) is 3. The molecule has 0 aliphatic carbocycles. The minimum atomic E-state index is -0.0398. The zero-order valence-electron chi connectivity index (χ0n) is 19.2. The van der Waals surface area contributed by atoms with Crippen molar-refractivity contribution >= 4 is 16.9 Å². The van der Waals surface area contributed by atoms with Gasteiger partial charge in [-0.2, -0.15) is 0 Å². The Morgan fingerprint density at radius 3 is 2.57 bits per heavy atom. The standard InChI is InChI=1S/C28H24N4O3/c1-18-25-24(16-33-18)32(27-26(25)30-17-31-28(27)29)20-10-12-21(13-11-20)35-23-9-5-8-22(14-23)34-15-19-6-3-2-4-7-19/h2-14,17-18H,15-16H2,1H3,(H2,29,30,31). The van der Waals surface area contributed by atoms with Crippen LogP contribution in [0.25, 0.3) is 16.7 Å². The summed E-state index contributed by atoms with van der Waals surface area (Å²) in [5.74, 6) is 2.62. The number of nitrogens with two attached hydrogens (primary N) is 1. The van der Waals surface area contributed by atoms with Crippen molar-refractivity contribution in [2.75, 3.05) is 5.73 Å². The topological polar surface area (TPSA) is 84.4 Å². The predicted octanol–water partition coefficient (Wildman–Crippen LogP) is 5.97. The Hall–Kier alpha value is -4.36. The Morgan fingerprint density at radius 1 is 0.943 bits per heavy atom. The molecule has 1 unspecified atom stereocenters. The summed E-state index contributed by atoms with van der Waals surface area (Å²) in [5.41, 5.74) is 12.1. The minimum Gasteiger partial charge on any atom is -0.489 e. The summed E-state index contributed by atoms with van der Waals surface area (Å²) < 4.78 is 20.0. The lowest BCUT2D eigenvalue weighted by atomic mass is 10.1. The van der Waals surface area contributed by atoms with E-state index < -0.39 is 0 Å². The maximum Gasteiger partial charge on any atom is 0.151 e. The fourth-order valence-electron chi connectivity index (χ4n) is 4.51. The second-order valence-electron chi connectivity index (χ2n) is 8.45. The molecule has 7 heteroatoms. The molecule has 0 saturated heterocycles. The second-order valence-corrected chi connectivity index (χ2v) is 8.45. The van der Waals surface area contributed by atoms with Crippen molar-refractivity contribution in [3.63, 3.8) is 0 Å². The third kappa shape index (κ3) is 3.96. The van der Waals surface area contributed by atoms with Gasteiger partial charge >= 0.3 is 0 Å². The SMILES string of the molecule is CC1OCc2c1c1ncnc(N)c1n2-c1ccc(Oc2cccc(OCc3ccccc3)c2)cc1. The van der Waals surface area contributed by atoms with Gasteiger partial charge in [0.2, 0.25) is 0 Å². The lowest BCUT2D eigenvalue weighted by Crippen LogP contribution is -2.03. The lowest BCUT2D eigenvalue weighted by molar-refractivity contribution is 0.0783. The highest BCUT2D eigenvalue weighted by atomic mass is 16.5. The van der Waals surface area contributed by atoms with Crippen molar-refractivity contribution in [3.05, 3.63) is 102 Å². The highest BCUT2D eigenvalue weighted by Crippen LogP contribution is 2.41. The molecule has 0 radical (unpaired) electrons. The van der Waals surface area contributed by atoms with Crippen LogP contribution in [-0.2, 0) is 18.0 Å². The summed E-state index contributed by atoms with van der Waals surface area (Å²) in [4.78, 5) is 8.71. The van der Waals surface area contributed by atoms with Crippen LogP contribution in [0.15, 0.2) is 85.2 Å². The van der Waals surface area contributed by atoms with E-state index in [0.29, 0.717) is 24.8 Å². The molecule has 0 spiro atoms. The molecule has 2 N–H and O–H groups in total. The van der Waals surface area contributed by atoms with Gasteiger partial charge in [0.25, 0.3) is 0 Å². The van der Waals surface area contributed by atoms with E-state index in [1.165, 1.54) is 6.33 Å². The van der Waals surface area contributed by atoms with Crippen molar-refractivity contribution in [3.8, 4) is 22.9 Å². The molecule has 7 nitrogen and oxygen atoms in total. The largest absolute Gasteiger partial charge is 0.489 e. The molecule has 0 bridgehead atoms. The van der Waals surface area contributed by atoms with E-state index in [4.69, 9.17) is 19.9 Å². The summed E-state index contributed by atoms with van der Waals surface area (Å²) >= 11 is 0. The number of nitrogen functional groups attached to an aromatic ring is 1. The van der Waals surface area contributed by atoms with Crippen LogP contribution < -0.4 is 15.2 Å². The highest BCUT2D eigenvalue weighted by Gasteiger charge is 2.30. The van der Waals surface area contributed by atoms with E-state index in [0.717, 1.165) is 45.0 Å². The number of anilines is 1. The molecule has 0 amide bonds. The van der Waals surface area contributed by atoms with Gasteiger partial charge in [-0.25, -0.2) is 9.97 Å². The monoisotopic (exact) mass is 464 g/mol. The van der Waals surface area contributed by atoms with E-state index in [2.05, 4.69) is 14.5 Å². The maximum absolute atomic E-state index is 6.26. The molecule has 3 aromatic carbocycles. The smallest absolute Gasteiger partial charge is 0.151 e. The fraction of sp³-hybridized carbons (Fsp3) is 0.143. The molecule has 35 heavy (non-hydrogen) atoms. The van der Waals surface area contributed by atoms with Crippen LogP contribution in [0.1, 0.15) is 29.8 Å². The van der Waals surface area contributed by atoms with Gasteiger partial charge in [0.1, 0.15) is 41.2 Å². The van der Waals surface area contributed by atoms with Crippen LogP contribution >= 0.6 is 0 Å². The molecule has 0 saturated carbocycles. The van der Waals surface area contributed by atoms with E-state index in [-0.39, 0.29) is 6.10 Å². The Labute approximate surface area is 202 Å². The van der Waals surface area contributed by atoms with E-state index in [1.807, 2.05) is 85.8 Å². The summed E-state index contributed by atoms with van der Waals surface area (Å²) in [5, 5.41) is 0. The van der Waals surface area contributed by atoms with Crippen molar-refractivity contribution in [1.82, 2.24) is 14.5 Å². The molecule has 6 rings (SSSR count). The normalized spacial score (nSPS) is 14.7. The zero-order chi connectivity index (χ0) is 23.8. The third-order valence-corrected chi connectivity index (χ3v) is 6.17. The summed E-state index contributed by atoms with van der Waals surface area (Å²) in [6.07, 6.45) is 1.46. The fourth-order valence-corrected chi connectivity index (χ4v) is 4.51. The number of ether oxygens (including phenoxy) is 3. The minimum absolute atomic E-state index is 0.0398. The number of rotatable bonds is 6. The quantitative estimate of drug-likeness (QED) is 0.334. The van der Waals surface area contributed by atoms with Crippen LogP contribution in [0.4, 0.5) is 5.82 Å². The number of fused-ring (bicyclic) bond motifs is 3. The Bertz CT molecular complexity index is 1500. The van der Waals surface area contributed by atoms with Crippen molar-refractivity contribution in [1.29, 1.82) is 0 Å². The van der Waals surface area contributed by atoms with Crippen LogP contribution in [0, 0.1) is 0 Å². The highest BCUT2D eigenvalue weighted by molar-refractivity contribution is 5.91. The number of hydrogen-bond acceptors (Lipinski definition) is 6. The van der Waals surface area contributed by atoms with Gasteiger partial charge in [0.05, 0.1) is 18.4 Å². The van der Waals surface area contributed by atoms with Crippen LogP contribution in [-0.4, -0.2) is 14.5 Å². The Kier molecular flexibility index (Phi) is 5.31. The van der Waals surface area contributed by atoms with Gasteiger partial charge in [-0.05, 0) is 48.9 Å². The number of aromatic nitrogens is 3. The molecule has 1 aliphatic heterocycles. The predicted molar refractivity (Wildman–Crippen MR) is 134 cm³/mol. The van der Waals surface area contributed by atoms with Crippen molar-refractivity contribution < 1.29 is 14.2 Å². The lowest BCUT2D eigenvalue weighted by Gasteiger charge is -2.12. The molecular weight excluding hydrogens is 440 g/mol. The molecule has 2 aromatic heterocycles. The molecule has 174 valence electrons. The van der Waals surface area contributed by atoms with E-state index in [1.54, 1.807) is 0 Å². The first-order valence-electron chi connectivity index (χ1n) is 11.5. The van der Waals surface area contributed by atoms with Gasteiger partial charge in [0.15, 0.2) is 5.82 Å². The maximum atomic E-state index is 6.26. The Morgan fingerprint density at radius 2 is 1.74 bits per heavy atom. The van der Waals surface area contributed by atoms with Crippen LogP contribution in [0.2, 0.25) is 0 Å². The second kappa shape index (κ2) is 8.77. The van der Waals surface area contributed by atoms with Crippen molar-refractivity contribution in [2.24, 2.45) is 0 Å². The number of hydrogen-bond donors (Lipinski definition) is 1. The van der Waals surface area contributed by atoms with Gasteiger partial charge < -0.3 is 24.5 Å². The summed E-state index contributed by atoms with van der Waals surface area (Å²) in [6, 6.07) is 25.6. The molecule has 1 aliphatic rings. The van der Waals surface area contributed by atoms with E-state index in [9.17, 15) is 0 Å². The molecular formula is C28H24N4O3. The van der Waals surface area contributed by atoms with Gasteiger partial charge in [-0.3, -0.25) is 0 Å². The third-order valence-electron chi connectivity index (χ3n) is 6.17. The first-order chi connectivity index (χ1) is 17.2. The van der Waals surface area contributed by atoms with Gasteiger partial charge in [0, 0.05) is 17.3 Å². The summed E-state index contributed by atoms with van der Waals surface area (Å²) in [7, 11) is 0. The van der Waals surface area contributed by atoms with Gasteiger partial charge in [-0.1, -0.05) is 36.4 Å². The first kappa shape index (κ1) is 21.2. The average Bonchev–Trinajstić information content (AvgIpc) is 3.43. The molecule has 5 aromatic rings. The zero-order valence-corrected chi connectivity index (χ0v) is 19.2. The van der Waals surface area contributed by atoms with Crippen LogP contribution in [0.5, 0.6) is 17.2 Å². The van der Waals surface area contributed by atoms with Crippen LogP contribution in [0.3, 0.4) is 0 Å². The Balaban J connectivity index is 1.24. The molecule has 0 fully saturated rings. The first-order valence-corrected chi connectivity index (χ1v) is 11.5. The average molecular weight is 465 g/mol. The molecule has 3 heterocycles. The summed E-state index contributed by atoms with van der Waals surface area (Å²) in [6.45, 7) is 3.03. The van der Waals surface area contributed by atoms with E-state index >= 15 is 0 Å². The number of benzene rings is 3. The van der Waals surface area contributed by atoms with Gasteiger partial charge in [-0.15, -0.1) is 0 Å². The van der Waals surface area contributed by atoms with Crippen molar-refractivity contribution in [2.45, 2.75) is 26.2 Å².